The molecule has 1 amide bonds. The summed E-state index contributed by atoms with van der Waals surface area (Å²) in [4.78, 5) is 31.9. The molecule has 0 fully saturated rings. The van der Waals surface area contributed by atoms with Crippen LogP contribution in [-0.4, -0.2) is 21.5 Å². The molecule has 0 unspecified atom stereocenters. The number of nitrogens with one attached hydrogen (secondary N) is 1. The molecule has 1 aromatic heterocycles. The van der Waals surface area contributed by atoms with Crippen LogP contribution in [0.1, 0.15) is 23.0 Å². The number of carbonyl (C=O) groups excluding carboxylic acids is 1. The summed E-state index contributed by atoms with van der Waals surface area (Å²) in [5.41, 5.74) is 1.16. The fourth-order valence-corrected chi connectivity index (χ4v) is 1.68. The normalized spacial score (nSPS) is 11.1. The van der Waals surface area contributed by atoms with E-state index in [2.05, 4.69) is 10.5 Å². The second-order valence-corrected chi connectivity index (χ2v) is 4.37. The predicted octanol–water partition coefficient (Wildman–Crippen LogP) is 2.25. The third kappa shape index (κ3) is 3.75. The number of carbonyl (C=O) groups is 1. The van der Waals surface area contributed by atoms with E-state index >= 15 is 0 Å². The first kappa shape index (κ1) is 15.8. The van der Waals surface area contributed by atoms with E-state index in [9.17, 15) is 25.0 Å². The first-order chi connectivity index (χ1) is 10.9. The number of amides is 1. The van der Waals surface area contributed by atoms with Gasteiger partial charge in [-0.3, -0.25) is 25.0 Å². The maximum atomic E-state index is 12.0. The van der Waals surface area contributed by atoms with Gasteiger partial charge in [0.2, 0.25) is 0 Å². The summed E-state index contributed by atoms with van der Waals surface area (Å²) in [6, 6.07) is 5.90. The van der Waals surface area contributed by atoms with E-state index in [1.807, 2.05) is 0 Å². The quantitative estimate of drug-likeness (QED) is 0.509. The number of nitrogens with zero attached hydrogens (tertiary/aromatic N) is 3. The van der Waals surface area contributed by atoms with Crippen molar-refractivity contribution in [2.45, 2.75) is 6.92 Å². The largest absolute Gasteiger partial charge is 0.463 e. The molecular formula is C13H10N4O6. The molecule has 0 saturated heterocycles. The highest BCUT2D eigenvalue weighted by Crippen LogP contribution is 2.22. The molecule has 2 rings (SSSR count). The Morgan fingerprint density at radius 1 is 1.17 bits per heavy atom. The molecule has 1 N–H and O–H groups in total. The van der Waals surface area contributed by atoms with Crippen molar-refractivity contribution in [3.8, 4) is 0 Å². The first-order valence-electron chi connectivity index (χ1n) is 6.21. The zero-order valence-corrected chi connectivity index (χ0v) is 11.8. The van der Waals surface area contributed by atoms with Crippen LogP contribution in [-0.2, 0) is 0 Å². The SMILES string of the molecule is C/C(=N\NC(=O)c1cc([N+](=O)[O-])cc([N+](=O)[O-])c1)c1ccco1. The smallest absolute Gasteiger partial charge is 0.277 e. The van der Waals surface area contributed by atoms with Crippen LogP contribution in [0.5, 0.6) is 0 Å². The monoisotopic (exact) mass is 318 g/mol. The van der Waals surface area contributed by atoms with Crippen LogP contribution < -0.4 is 5.43 Å². The van der Waals surface area contributed by atoms with Crippen LogP contribution in [0.4, 0.5) is 11.4 Å². The van der Waals surface area contributed by atoms with E-state index in [0.29, 0.717) is 11.5 Å². The minimum absolute atomic E-state index is 0.248. The van der Waals surface area contributed by atoms with Crippen LogP contribution in [0.25, 0.3) is 0 Å². The van der Waals surface area contributed by atoms with E-state index in [4.69, 9.17) is 4.42 Å². The lowest BCUT2D eigenvalue weighted by Gasteiger charge is -2.02. The van der Waals surface area contributed by atoms with Crippen molar-refractivity contribution < 1.29 is 19.1 Å². The Labute approximate surface area is 128 Å². The van der Waals surface area contributed by atoms with E-state index in [1.165, 1.54) is 6.26 Å². The fourth-order valence-electron chi connectivity index (χ4n) is 1.68. The highest BCUT2D eigenvalue weighted by Gasteiger charge is 2.19. The molecule has 1 aromatic carbocycles. The minimum Gasteiger partial charge on any atom is -0.463 e. The first-order valence-corrected chi connectivity index (χ1v) is 6.21. The van der Waals surface area contributed by atoms with Gasteiger partial charge in [0.25, 0.3) is 17.3 Å². The molecule has 0 saturated carbocycles. The Balaban J connectivity index is 2.26. The van der Waals surface area contributed by atoms with Crippen LogP contribution >= 0.6 is 0 Å². The van der Waals surface area contributed by atoms with Gasteiger partial charge in [0, 0.05) is 12.1 Å². The fraction of sp³-hybridized carbons (Fsp3) is 0.0769. The zero-order valence-electron chi connectivity index (χ0n) is 11.8. The summed E-state index contributed by atoms with van der Waals surface area (Å²) in [5, 5.41) is 25.3. The highest BCUT2D eigenvalue weighted by molar-refractivity contribution is 5.99. The molecule has 2 aromatic rings. The van der Waals surface area contributed by atoms with Crippen molar-refractivity contribution in [2.24, 2.45) is 5.10 Å². The molecule has 23 heavy (non-hydrogen) atoms. The van der Waals surface area contributed by atoms with Gasteiger partial charge in [-0.25, -0.2) is 5.43 Å². The molecule has 118 valence electrons. The highest BCUT2D eigenvalue weighted by atomic mass is 16.6. The van der Waals surface area contributed by atoms with Gasteiger partial charge in [-0.15, -0.1) is 0 Å². The lowest BCUT2D eigenvalue weighted by molar-refractivity contribution is -0.394. The number of nitro benzene ring substituents is 2. The van der Waals surface area contributed by atoms with Crippen molar-refractivity contribution in [1.82, 2.24) is 5.43 Å². The molecule has 0 aliphatic heterocycles. The summed E-state index contributed by atoms with van der Waals surface area (Å²) in [7, 11) is 0. The van der Waals surface area contributed by atoms with E-state index in [-0.39, 0.29) is 5.56 Å². The maximum Gasteiger partial charge on any atom is 0.277 e. The molecule has 0 atom stereocenters. The number of hydrazone groups is 1. The lowest BCUT2D eigenvalue weighted by atomic mass is 10.1. The number of rotatable bonds is 5. The summed E-state index contributed by atoms with van der Waals surface area (Å²) in [6.45, 7) is 1.58. The Kier molecular flexibility index (Phi) is 4.45. The number of hydrogen-bond donors (Lipinski definition) is 1. The number of furan rings is 1. The van der Waals surface area contributed by atoms with Crippen LogP contribution in [0.3, 0.4) is 0 Å². The minimum atomic E-state index is -0.818. The van der Waals surface area contributed by atoms with Crippen LogP contribution in [0, 0.1) is 20.2 Å². The third-order valence-electron chi connectivity index (χ3n) is 2.79. The number of nitro groups is 2. The number of hydrogen-bond acceptors (Lipinski definition) is 7. The van der Waals surface area contributed by atoms with Crippen molar-refractivity contribution in [3.63, 3.8) is 0 Å². The van der Waals surface area contributed by atoms with Gasteiger partial charge in [-0.2, -0.15) is 5.10 Å². The zero-order chi connectivity index (χ0) is 17.0. The van der Waals surface area contributed by atoms with Crippen molar-refractivity contribution in [1.29, 1.82) is 0 Å². The average molecular weight is 318 g/mol. The van der Waals surface area contributed by atoms with Crippen molar-refractivity contribution >= 4 is 23.0 Å². The van der Waals surface area contributed by atoms with Crippen molar-refractivity contribution in [3.05, 3.63) is 68.1 Å². The molecule has 10 nitrogen and oxygen atoms in total. The summed E-state index contributed by atoms with van der Waals surface area (Å²) in [6.07, 6.45) is 1.43. The average Bonchev–Trinajstić information content (AvgIpc) is 3.06. The van der Waals surface area contributed by atoms with E-state index in [0.717, 1.165) is 18.2 Å². The van der Waals surface area contributed by atoms with Gasteiger partial charge in [-0.1, -0.05) is 0 Å². The predicted molar refractivity (Wildman–Crippen MR) is 78.1 cm³/mol. The second-order valence-electron chi connectivity index (χ2n) is 4.37. The summed E-state index contributed by atoms with van der Waals surface area (Å²) >= 11 is 0. The molecule has 0 bridgehead atoms. The van der Waals surface area contributed by atoms with Gasteiger partial charge in [-0.05, 0) is 19.1 Å². The number of non-ortho nitro benzene ring substituents is 2. The molecule has 0 aliphatic rings. The Morgan fingerprint density at radius 3 is 2.26 bits per heavy atom. The second kappa shape index (κ2) is 6.47. The van der Waals surface area contributed by atoms with Crippen LogP contribution in [0.2, 0.25) is 0 Å². The maximum absolute atomic E-state index is 12.0. The number of benzene rings is 1. The third-order valence-corrected chi connectivity index (χ3v) is 2.79. The Bertz CT molecular complexity index is 765. The Morgan fingerprint density at radius 2 is 1.78 bits per heavy atom. The topological polar surface area (TPSA) is 141 Å². The van der Waals surface area contributed by atoms with E-state index in [1.54, 1.807) is 19.1 Å². The van der Waals surface area contributed by atoms with Crippen molar-refractivity contribution in [2.75, 3.05) is 0 Å². The summed E-state index contributed by atoms with van der Waals surface area (Å²) < 4.78 is 5.07. The molecule has 1 heterocycles. The van der Waals surface area contributed by atoms with Gasteiger partial charge in [0.15, 0.2) is 0 Å². The lowest BCUT2D eigenvalue weighted by Crippen LogP contribution is -2.19. The molecule has 0 radical (unpaired) electrons. The van der Waals surface area contributed by atoms with E-state index < -0.39 is 27.1 Å². The van der Waals surface area contributed by atoms with Gasteiger partial charge >= 0.3 is 0 Å². The van der Waals surface area contributed by atoms with Gasteiger partial charge in [0.05, 0.1) is 27.7 Å². The molecule has 0 spiro atoms. The van der Waals surface area contributed by atoms with Gasteiger partial charge < -0.3 is 4.42 Å². The summed E-state index contributed by atoms with van der Waals surface area (Å²) in [5.74, 6) is -0.391. The molecule has 10 heteroatoms. The molecule has 0 aliphatic carbocycles. The molecular weight excluding hydrogens is 308 g/mol. The van der Waals surface area contributed by atoms with Crippen LogP contribution in [0.15, 0.2) is 46.1 Å². The Hall–Kier alpha value is -3.56. The van der Waals surface area contributed by atoms with Gasteiger partial charge in [0.1, 0.15) is 11.5 Å². The standard InChI is InChI=1S/C13H10N4O6/c1-8(12-3-2-4-23-12)14-15-13(18)9-5-10(16(19)20)7-11(6-9)17(21)22/h2-7H,1H3,(H,15,18)/b14-8+.